The van der Waals surface area contributed by atoms with Crippen molar-refractivity contribution in [1.29, 1.82) is 0 Å². The lowest BCUT2D eigenvalue weighted by Crippen LogP contribution is -2.33. The summed E-state index contributed by atoms with van der Waals surface area (Å²) in [5.74, 6) is 0. The lowest BCUT2D eigenvalue weighted by molar-refractivity contribution is 0.0275. The maximum atomic E-state index is 13.8. The summed E-state index contributed by atoms with van der Waals surface area (Å²) in [6, 6.07) is 7.61. The second-order valence-electron chi connectivity index (χ2n) is 4.66. The Bertz CT molecular complexity index is 353. The van der Waals surface area contributed by atoms with Crippen LogP contribution in [-0.2, 0) is 10.4 Å². The fraction of sp³-hybridized carbons (Fsp3) is 0.538. The highest BCUT2D eigenvalue weighted by Crippen LogP contribution is 2.28. The van der Waals surface area contributed by atoms with E-state index in [1.54, 1.807) is 13.8 Å². The van der Waals surface area contributed by atoms with Crippen molar-refractivity contribution in [2.75, 3.05) is 19.7 Å². The first-order valence-electron chi connectivity index (χ1n) is 5.69. The molecule has 2 rings (SSSR count). The van der Waals surface area contributed by atoms with E-state index in [-0.39, 0.29) is 6.10 Å². The van der Waals surface area contributed by atoms with Gasteiger partial charge in [0.05, 0.1) is 12.7 Å². The summed E-state index contributed by atoms with van der Waals surface area (Å²) in [5.41, 5.74) is 0.465. The first-order valence-corrected chi connectivity index (χ1v) is 5.69. The molecule has 1 unspecified atom stereocenters. The van der Waals surface area contributed by atoms with E-state index < -0.39 is 5.67 Å². The van der Waals surface area contributed by atoms with Crippen molar-refractivity contribution in [2.45, 2.75) is 25.6 Å². The van der Waals surface area contributed by atoms with Gasteiger partial charge < -0.3 is 10.1 Å². The van der Waals surface area contributed by atoms with Crippen LogP contribution in [0.3, 0.4) is 0 Å². The van der Waals surface area contributed by atoms with E-state index in [9.17, 15) is 4.39 Å². The Kier molecular flexibility index (Phi) is 3.26. The molecule has 1 aliphatic rings. The number of nitrogens with one attached hydrogen (secondary N) is 1. The highest BCUT2D eigenvalue weighted by molar-refractivity contribution is 5.29. The van der Waals surface area contributed by atoms with E-state index in [1.165, 1.54) is 0 Å². The summed E-state index contributed by atoms with van der Waals surface area (Å²) in [6.45, 7) is 5.56. The quantitative estimate of drug-likeness (QED) is 0.832. The van der Waals surface area contributed by atoms with E-state index >= 15 is 0 Å². The van der Waals surface area contributed by atoms with Crippen molar-refractivity contribution in [3.63, 3.8) is 0 Å². The van der Waals surface area contributed by atoms with E-state index in [1.807, 2.05) is 24.3 Å². The minimum absolute atomic E-state index is 0.0519. The minimum atomic E-state index is -1.29. The maximum Gasteiger partial charge on any atom is 0.130 e. The van der Waals surface area contributed by atoms with Gasteiger partial charge in [-0.3, -0.25) is 0 Å². The Labute approximate surface area is 95.8 Å². The van der Waals surface area contributed by atoms with Gasteiger partial charge in [0.15, 0.2) is 0 Å². The molecule has 0 saturated carbocycles. The van der Waals surface area contributed by atoms with Crippen LogP contribution < -0.4 is 5.32 Å². The minimum Gasteiger partial charge on any atom is -0.371 e. The molecular weight excluding hydrogens is 205 g/mol. The fourth-order valence-electron chi connectivity index (χ4n) is 1.89. The molecule has 88 valence electrons. The summed E-state index contributed by atoms with van der Waals surface area (Å²) < 4.78 is 19.5. The second-order valence-corrected chi connectivity index (χ2v) is 4.66. The highest BCUT2D eigenvalue weighted by atomic mass is 19.1. The Morgan fingerprint density at radius 2 is 2.25 bits per heavy atom. The van der Waals surface area contributed by atoms with Crippen molar-refractivity contribution < 1.29 is 9.13 Å². The molecule has 0 aromatic heterocycles. The lowest BCUT2D eigenvalue weighted by Gasteiger charge is -2.25. The Balaban J connectivity index is 2.21. The summed E-state index contributed by atoms with van der Waals surface area (Å²) in [4.78, 5) is 0. The molecule has 0 spiro atoms. The number of hydrogen-bond donors (Lipinski definition) is 1. The molecule has 1 aliphatic heterocycles. The largest absolute Gasteiger partial charge is 0.371 e. The van der Waals surface area contributed by atoms with Gasteiger partial charge in [0.2, 0.25) is 0 Å². The monoisotopic (exact) mass is 223 g/mol. The number of rotatable bonds is 2. The molecule has 1 N–H and O–H groups in total. The van der Waals surface area contributed by atoms with Crippen LogP contribution in [0.5, 0.6) is 0 Å². The zero-order valence-corrected chi connectivity index (χ0v) is 9.79. The lowest BCUT2D eigenvalue weighted by atomic mass is 9.96. The van der Waals surface area contributed by atoms with Crippen molar-refractivity contribution in [2.24, 2.45) is 0 Å². The number of benzene rings is 1. The molecule has 1 atom stereocenters. The number of hydrogen-bond acceptors (Lipinski definition) is 2. The van der Waals surface area contributed by atoms with Crippen molar-refractivity contribution in [3.05, 3.63) is 35.4 Å². The standard InChI is InChI=1S/C13H18FNO/c1-13(2,14)11-5-3-4-10(8-11)12-9-15-6-7-16-12/h3-5,8,12,15H,6-7,9H2,1-2H3. The molecule has 1 fully saturated rings. The predicted molar refractivity (Wildman–Crippen MR) is 62.1 cm³/mol. The molecule has 16 heavy (non-hydrogen) atoms. The third-order valence-corrected chi connectivity index (χ3v) is 2.87. The van der Waals surface area contributed by atoms with E-state index in [0.717, 1.165) is 18.7 Å². The summed E-state index contributed by atoms with van der Waals surface area (Å²) >= 11 is 0. The third-order valence-electron chi connectivity index (χ3n) is 2.87. The predicted octanol–water partition coefficient (Wildman–Crippen LogP) is 2.55. The number of alkyl halides is 1. The number of halogens is 1. The van der Waals surface area contributed by atoms with Gasteiger partial charge in [-0.25, -0.2) is 4.39 Å². The topological polar surface area (TPSA) is 21.3 Å². The van der Waals surface area contributed by atoms with E-state index in [0.29, 0.717) is 12.2 Å². The molecule has 0 aliphatic carbocycles. The maximum absolute atomic E-state index is 13.8. The molecule has 0 amide bonds. The van der Waals surface area contributed by atoms with Crippen molar-refractivity contribution in [1.82, 2.24) is 5.32 Å². The molecule has 2 nitrogen and oxygen atoms in total. The average Bonchev–Trinajstić information content (AvgIpc) is 2.29. The average molecular weight is 223 g/mol. The van der Waals surface area contributed by atoms with Crippen LogP contribution in [0, 0.1) is 0 Å². The van der Waals surface area contributed by atoms with Gasteiger partial charge in [-0.2, -0.15) is 0 Å². The first kappa shape index (κ1) is 11.6. The molecule has 1 heterocycles. The number of morpholine rings is 1. The molecule has 1 aromatic carbocycles. The Morgan fingerprint density at radius 3 is 2.88 bits per heavy atom. The Hall–Kier alpha value is -0.930. The molecule has 0 radical (unpaired) electrons. The van der Waals surface area contributed by atoms with Crippen LogP contribution in [0.25, 0.3) is 0 Å². The van der Waals surface area contributed by atoms with Gasteiger partial charge in [-0.1, -0.05) is 18.2 Å². The van der Waals surface area contributed by atoms with Gasteiger partial charge in [0, 0.05) is 13.1 Å². The summed E-state index contributed by atoms with van der Waals surface area (Å²) in [5, 5.41) is 3.27. The van der Waals surface area contributed by atoms with Gasteiger partial charge >= 0.3 is 0 Å². The van der Waals surface area contributed by atoms with Gasteiger partial charge in [0.25, 0.3) is 0 Å². The zero-order valence-electron chi connectivity index (χ0n) is 9.79. The Morgan fingerprint density at radius 1 is 1.44 bits per heavy atom. The molecule has 1 saturated heterocycles. The van der Waals surface area contributed by atoms with Crippen LogP contribution in [0.15, 0.2) is 24.3 Å². The zero-order chi connectivity index (χ0) is 11.6. The fourth-order valence-corrected chi connectivity index (χ4v) is 1.89. The van der Waals surface area contributed by atoms with Crippen LogP contribution in [-0.4, -0.2) is 19.7 Å². The molecule has 3 heteroatoms. The highest BCUT2D eigenvalue weighted by Gasteiger charge is 2.21. The van der Waals surface area contributed by atoms with Gasteiger partial charge in [-0.15, -0.1) is 0 Å². The molecule has 1 aromatic rings. The SMILES string of the molecule is CC(C)(F)c1cccc(C2CNCCO2)c1. The van der Waals surface area contributed by atoms with Crippen LogP contribution in [0.2, 0.25) is 0 Å². The van der Waals surface area contributed by atoms with Crippen molar-refractivity contribution in [3.8, 4) is 0 Å². The van der Waals surface area contributed by atoms with E-state index in [4.69, 9.17) is 4.74 Å². The normalized spacial score (nSPS) is 22.1. The summed E-state index contributed by atoms with van der Waals surface area (Å²) in [7, 11) is 0. The van der Waals surface area contributed by atoms with E-state index in [2.05, 4.69) is 5.32 Å². The second kappa shape index (κ2) is 4.52. The summed E-state index contributed by atoms with van der Waals surface area (Å²) in [6.07, 6.45) is 0.0519. The van der Waals surface area contributed by atoms with Crippen LogP contribution in [0.4, 0.5) is 4.39 Å². The third kappa shape index (κ3) is 2.60. The van der Waals surface area contributed by atoms with Crippen LogP contribution in [0.1, 0.15) is 31.1 Å². The molecule has 0 bridgehead atoms. The van der Waals surface area contributed by atoms with Gasteiger partial charge in [0.1, 0.15) is 5.67 Å². The van der Waals surface area contributed by atoms with Crippen molar-refractivity contribution >= 4 is 0 Å². The number of ether oxygens (including phenoxy) is 1. The smallest absolute Gasteiger partial charge is 0.130 e. The van der Waals surface area contributed by atoms with Gasteiger partial charge in [-0.05, 0) is 31.0 Å². The first-order chi connectivity index (χ1) is 7.57. The molecular formula is C13H18FNO. The van der Waals surface area contributed by atoms with Crippen LogP contribution >= 0.6 is 0 Å².